The van der Waals surface area contributed by atoms with Gasteiger partial charge in [-0.3, -0.25) is 4.79 Å². The number of nitrogens with one attached hydrogen (secondary N) is 1. The zero-order valence-electron chi connectivity index (χ0n) is 19.0. The molecule has 33 heavy (non-hydrogen) atoms. The van der Waals surface area contributed by atoms with E-state index in [1.165, 1.54) is 34.3 Å². The number of carbonyl (C=O) groups excluding carboxylic acids is 1. The first-order valence-corrected chi connectivity index (χ1v) is 12.0. The lowest BCUT2D eigenvalue weighted by Crippen LogP contribution is -2.28. The van der Waals surface area contributed by atoms with Gasteiger partial charge in [-0.2, -0.15) is 14.1 Å². The van der Waals surface area contributed by atoms with Gasteiger partial charge in [0.1, 0.15) is 16.5 Å². The average Bonchev–Trinajstić information content (AvgIpc) is 3.43. The first-order valence-electron chi connectivity index (χ1n) is 10.6. The monoisotopic (exact) mass is 470 g/mol. The van der Waals surface area contributed by atoms with Crippen LogP contribution in [0.4, 0.5) is 5.82 Å². The molecule has 1 N–H and O–H groups in total. The highest BCUT2D eigenvalue weighted by Crippen LogP contribution is 2.30. The minimum absolute atomic E-state index is 0.0260. The molecule has 4 rings (SSSR count). The van der Waals surface area contributed by atoms with Crippen LogP contribution in [-0.4, -0.2) is 58.6 Å². The van der Waals surface area contributed by atoms with Gasteiger partial charge in [-0.15, -0.1) is 0 Å². The number of hydrogen-bond acceptors (Lipinski definition) is 7. The number of hydrogen-bond donors (Lipinski definition) is 1. The lowest BCUT2D eigenvalue weighted by molar-refractivity contribution is 0.102. The standard InChI is InChI=1S/C22H26N6O4S/c1-14-11-15(2)24-22(23-14)28-20(12-16(3)26-28)25-21(29)17-7-8-18(32-4)19(13-17)33(30,31)27-9-5-6-10-27/h7-8,11-13H,5-6,9-10H2,1-4H3,(H,25,29). The highest BCUT2D eigenvalue weighted by Gasteiger charge is 2.31. The second-order valence-corrected chi connectivity index (χ2v) is 9.87. The van der Waals surface area contributed by atoms with Crippen LogP contribution >= 0.6 is 0 Å². The Kier molecular flexibility index (Phi) is 6.17. The molecule has 0 bridgehead atoms. The number of carbonyl (C=O) groups is 1. The summed E-state index contributed by atoms with van der Waals surface area (Å²) in [6.07, 6.45) is 1.62. The van der Waals surface area contributed by atoms with Gasteiger partial charge in [0.05, 0.1) is 12.8 Å². The molecule has 2 aromatic heterocycles. The van der Waals surface area contributed by atoms with Crippen molar-refractivity contribution < 1.29 is 17.9 Å². The second-order valence-electron chi connectivity index (χ2n) is 7.96. The molecule has 3 heterocycles. The highest BCUT2D eigenvalue weighted by atomic mass is 32.2. The third kappa shape index (κ3) is 4.60. The summed E-state index contributed by atoms with van der Waals surface area (Å²) >= 11 is 0. The largest absolute Gasteiger partial charge is 0.495 e. The van der Waals surface area contributed by atoms with Gasteiger partial charge < -0.3 is 10.1 Å². The molecule has 1 aliphatic rings. The average molecular weight is 471 g/mol. The summed E-state index contributed by atoms with van der Waals surface area (Å²) in [7, 11) is -2.37. The molecule has 1 aliphatic heterocycles. The third-order valence-corrected chi connectivity index (χ3v) is 7.26. The van der Waals surface area contributed by atoms with E-state index in [0.717, 1.165) is 24.2 Å². The molecule has 1 aromatic carbocycles. The van der Waals surface area contributed by atoms with Crippen LogP contribution in [0.2, 0.25) is 0 Å². The first kappa shape index (κ1) is 22.9. The zero-order chi connectivity index (χ0) is 23.8. The van der Waals surface area contributed by atoms with E-state index in [9.17, 15) is 13.2 Å². The molecule has 10 nitrogen and oxygen atoms in total. The molecule has 0 saturated carbocycles. The topological polar surface area (TPSA) is 119 Å². The summed E-state index contributed by atoms with van der Waals surface area (Å²) in [4.78, 5) is 21.9. The van der Waals surface area contributed by atoms with E-state index < -0.39 is 15.9 Å². The van der Waals surface area contributed by atoms with Crippen LogP contribution in [0, 0.1) is 20.8 Å². The molecule has 1 saturated heterocycles. The van der Waals surface area contributed by atoms with Crippen molar-refractivity contribution in [3.63, 3.8) is 0 Å². The van der Waals surface area contributed by atoms with E-state index >= 15 is 0 Å². The number of nitrogens with zero attached hydrogens (tertiary/aromatic N) is 5. The Morgan fingerprint density at radius 2 is 1.67 bits per heavy atom. The van der Waals surface area contributed by atoms with E-state index in [1.54, 1.807) is 13.0 Å². The molecule has 174 valence electrons. The zero-order valence-corrected chi connectivity index (χ0v) is 19.8. The molecule has 1 amide bonds. The molecule has 0 radical (unpaired) electrons. The lowest BCUT2D eigenvalue weighted by Gasteiger charge is -2.18. The minimum atomic E-state index is -3.78. The van der Waals surface area contributed by atoms with Crippen molar-refractivity contribution in [1.82, 2.24) is 24.1 Å². The van der Waals surface area contributed by atoms with Crippen LogP contribution in [0.3, 0.4) is 0 Å². The minimum Gasteiger partial charge on any atom is -0.495 e. The maximum atomic E-state index is 13.1. The molecule has 3 aromatic rings. The summed E-state index contributed by atoms with van der Waals surface area (Å²) in [6.45, 7) is 6.41. The lowest BCUT2D eigenvalue weighted by atomic mass is 10.2. The molecule has 0 unspecified atom stereocenters. The van der Waals surface area contributed by atoms with Crippen LogP contribution in [0.5, 0.6) is 5.75 Å². The van der Waals surface area contributed by atoms with Crippen molar-refractivity contribution in [3.05, 3.63) is 53.0 Å². The van der Waals surface area contributed by atoms with Gasteiger partial charge in [-0.25, -0.2) is 18.4 Å². The predicted molar refractivity (Wildman–Crippen MR) is 122 cm³/mol. The summed E-state index contributed by atoms with van der Waals surface area (Å²) in [5.41, 5.74) is 2.39. The Hall–Kier alpha value is -3.31. The van der Waals surface area contributed by atoms with Crippen LogP contribution in [-0.2, 0) is 10.0 Å². The number of sulfonamides is 1. The quantitative estimate of drug-likeness (QED) is 0.588. The summed E-state index contributed by atoms with van der Waals surface area (Å²) in [5.74, 6) is 0.425. The SMILES string of the molecule is COc1ccc(C(=O)Nc2cc(C)nn2-c2nc(C)cc(C)n2)cc1S(=O)(=O)N1CCCC1. The predicted octanol–water partition coefficient (Wildman–Crippen LogP) is 2.63. The molecule has 0 aliphatic carbocycles. The normalized spacial score (nSPS) is 14.4. The van der Waals surface area contributed by atoms with Crippen molar-refractivity contribution in [2.45, 2.75) is 38.5 Å². The fourth-order valence-electron chi connectivity index (χ4n) is 3.82. The fourth-order valence-corrected chi connectivity index (χ4v) is 5.52. The number of methoxy groups -OCH3 is 1. The van der Waals surface area contributed by atoms with Gasteiger partial charge in [0, 0.05) is 36.1 Å². The van der Waals surface area contributed by atoms with Crippen LogP contribution in [0.15, 0.2) is 35.2 Å². The second kappa shape index (κ2) is 8.91. The highest BCUT2D eigenvalue weighted by molar-refractivity contribution is 7.89. The van der Waals surface area contributed by atoms with Gasteiger partial charge in [0.15, 0.2) is 0 Å². The van der Waals surface area contributed by atoms with Gasteiger partial charge in [-0.05, 0) is 57.9 Å². The number of rotatable bonds is 6. The number of anilines is 1. The first-order chi connectivity index (χ1) is 15.7. The number of benzene rings is 1. The Bertz CT molecular complexity index is 1290. The molecule has 0 spiro atoms. The molecular weight excluding hydrogens is 444 g/mol. The van der Waals surface area contributed by atoms with Gasteiger partial charge in [-0.1, -0.05) is 0 Å². The van der Waals surface area contributed by atoms with Crippen LogP contribution < -0.4 is 10.1 Å². The Labute approximate surface area is 192 Å². The van der Waals surface area contributed by atoms with E-state index in [2.05, 4.69) is 20.4 Å². The number of aryl methyl sites for hydroxylation is 3. The van der Waals surface area contributed by atoms with Crippen LogP contribution in [0.25, 0.3) is 5.95 Å². The third-order valence-electron chi connectivity index (χ3n) is 5.34. The van der Waals surface area contributed by atoms with Crippen molar-refractivity contribution in [2.75, 3.05) is 25.5 Å². The Morgan fingerprint density at radius 3 is 2.30 bits per heavy atom. The van der Waals surface area contributed by atoms with Crippen LogP contribution in [0.1, 0.15) is 40.3 Å². The van der Waals surface area contributed by atoms with Crippen molar-refractivity contribution in [3.8, 4) is 11.7 Å². The molecule has 0 atom stereocenters. The van der Waals surface area contributed by atoms with Gasteiger partial charge >= 0.3 is 0 Å². The summed E-state index contributed by atoms with van der Waals surface area (Å²) < 4.78 is 34.4. The molecule has 11 heteroatoms. The smallest absolute Gasteiger partial charge is 0.256 e. The Morgan fingerprint density at radius 1 is 1.00 bits per heavy atom. The van der Waals surface area contributed by atoms with E-state index in [1.807, 2.05) is 19.9 Å². The van der Waals surface area contributed by atoms with Crippen molar-refractivity contribution >= 4 is 21.7 Å². The van der Waals surface area contributed by atoms with Gasteiger partial charge in [0.2, 0.25) is 10.0 Å². The number of aromatic nitrogens is 4. The summed E-state index contributed by atoms with van der Waals surface area (Å²) in [6, 6.07) is 7.91. The van der Waals surface area contributed by atoms with E-state index in [4.69, 9.17) is 4.74 Å². The van der Waals surface area contributed by atoms with Crippen molar-refractivity contribution in [2.24, 2.45) is 0 Å². The Balaban J connectivity index is 1.68. The summed E-state index contributed by atoms with van der Waals surface area (Å²) in [5, 5.41) is 7.20. The number of ether oxygens (including phenoxy) is 1. The maximum Gasteiger partial charge on any atom is 0.256 e. The molecular formula is C22H26N6O4S. The van der Waals surface area contributed by atoms with Crippen molar-refractivity contribution in [1.29, 1.82) is 0 Å². The van der Waals surface area contributed by atoms with E-state index in [0.29, 0.717) is 30.5 Å². The molecule has 1 fully saturated rings. The fraction of sp³-hybridized carbons (Fsp3) is 0.364. The van der Waals surface area contributed by atoms with E-state index in [-0.39, 0.29) is 16.2 Å². The maximum absolute atomic E-state index is 13.1. The van der Waals surface area contributed by atoms with Gasteiger partial charge in [0.25, 0.3) is 11.9 Å². The number of amides is 1.